The Hall–Kier alpha value is -2.93. The lowest BCUT2D eigenvalue weighted by atomic mass is 10.0. The van der Waals surface area contributed by atoms with Gasteiger partial charge in [0.2, 0.25) is 5.91 Å². The number of nitrogens with zero attached hydrogens (tertiary/aromatic N) is 1. The SMILES string of the molecule is Cc1ccc(CCCCNCCOc2ccc(CC(N)=O)cc2[N+](=O)[O-])cc1C. The zero-order valence-corrected chi connectivity index (χ0v) is 17.1. The second kappa shape index (κ2) is 11.2. The average molecular weight is 399 g/mol. The normalized spacial score (nSPS) is 10.7. The number of ether oxygens (including phenoxy) is 1. The molecule has 0 saturated carbocycles. The first-order valence-corrected chi connectivity index (χ1v) is 9.82. The van der Waals surface area contributed by atoms with Crippen LogP contribution in [0, 0.1) is 24.0 Å². The summed E-state index contributed by atoms with van der Waals surface area (Å²) in [6.45, 7) is 6.05. The number of amides is 1. The van der Waals surface area contributed by atoms with Crippen molar-refractivity contribution in [3.05, 3.63) is 68.8 Å². The molecule has 7 nitrogen and oxygen atoms in total. The molecule has 2 rings (SSSR count). The molecule has 0 radical (unpaired) electrons. The summed E-state index contributed by atoms with van der Waals surface area (Å²) in [5, 5.41) is 14.5. The van der Waals surface area contributed by atoms with Gasteiger partial charge in [-0.05, 0) is 68.0 Å². The molecule has 0 aliphatic rings. The first-order valence-electron chi connectivity index (χ1n) is 9.82. The molecule has 0 unspecified atom stereocenters. The van der Waals surface area contributed by atoms with Gasteiger partial charge in [-0.25, -0.2) is 0 Å². The highest BCUT2D eigenvalue weighted by Crippen LogP contribution is 2.28. The van der Waals surface area contributed by atoms with E-state index in [1.807, 2.05) is 0 Å². The molecule has 2 aromatic carbocycles. The molecule has 156 valence electrons. The molecule has 1 amide bonds. The Bertz CT molecular complexity index is 852. The Labute approximate surface area is 171 Å². The largest absolute Gasteiger partial charge is 0.485 e. The number of primary amides is 1. The van der Waals surface area contributed by atoms with Gasteiger partial charge in [-0.15, -0.1) is 0 Å². The van der Waals surface area contributed by atoms with E-state index < -0.39 is 10.8 Å². The highest BCUT2D eigenvalue weighted by atomic mass is 16.6. The number of carbonyl (C=O) groups is 1. The van der Waals surface area contributed by atoms with Gasteiger partial charge in [0.05, 0.1) is 11.3 Å². The number of hydrogen-bond acceptors (Lipinski definition) is 5. The average Bonchev–Trinajstić information content (AvgIpc) is 2.66. The number of carbonyl (C=O) groups excluding carboxylic acids is 1. The van der Waals surface area contributed by atoms with Crippen LogP contribution in [0.4, 0.5) is 5.69 Å². The Morgan fingerprint density at radius 3 is 2.52 bits per heavy atom. The maximum atomic E-state index is 11.2. The van der Waals surface area contributed by atoms with Crippen LogP contribution < -0.4 is 15.8 Å². The van der Waals surface area contributed by atoms with Crippen molar-refractivity contribution in [3.8, 4) is 5.75 Å². The zero-order valence-electron chi connectivity index (χ0n) is 17.1. The summed E-state index contributed by atoms with van der Waals surface area (Å²) in [7, 11) is 0. The van der Waals surface area contributed by atoms with E-state index in [0.29, 0.717) is 18.7 Å². The van der Waals surface area contributed by atoms with Crippen LogP contribution in [0.2, 0.25) is 0 Å². The molecule has 0 aliphatic heterocycles. The second-order valence-corrected chi connectivity index (χ2v) is 7.18. The van der Waals surface area contributed by atoms with Crippen LogP contribution in [0.5, 0.6) is 5.75 Å². The minimum Gasteiger partial charge on any atom is -0.485 e. The van der Waals surface area contributed by atoms with Crippen LogP contribution in [0.15, 0.2) is 36.4 Å². The van der Waals surface area contributed by atoms with Crippen molar-refractivity contribution < 1.29 is 14.5 Å². The summed E-state index contributed by atoms with van der Waals surface area (Å²) in [6, 6.07) is 11.1. The quantitative estimate of drug-likeness (QED) is 0.324. The number of unbranched alkanes of at least 4 members (excludes halogenated alkanes) is 1. The number of rotatable bonds is 12. The summed E-state index contributed by atoms with van der Waals surface area (Å²) in [5.41, 5.74) is 9.49. The molecule has 0 heterocycles. The summed E-state index contributed by atoms with van der Waals surface area (Å²) < 4.78 is 5.54. The smallest absolute Gasteiger partial charge is 0.311 e. The maximum absolute atomic E-state index is 11.2. The number of nitro benzene ring substituents is 1. The van der Waals surface area contributed by atoms with Gasteiger partial charge in [0.1, 0.15) is 6.61 Å². The predicted octanol–water partition coefficient (Wildman–Crippen LogP) is 3.23. The lowest BCUT2D eigenvalue weighted by Crippen LogP contribution is -2.22. The summed E-state index contributed by atoms with van der Waals surface area (Å²) in [5.74, 6) is -0.338. The Balaban J connectivity index is 1.67. The van der Waals surface area contributed by atoms with Crippen molar-refractivity contribution in [2.45, 2.75) is 39.5 Å². The third-order valence-corrected chi connectivity index (χ3v) is 4.78. The van der Waals surface area contributed by atoms with Gasteiger partial charge in [-0.3, -0.25) is 14.9 Å². The lowest BCUT2D eigenvalue weighted by molar-refractivity contribution is -0.385. The molecule has 7 heteroatoms. The summed E-state index contributed by atoms with van der Waals surface area (Å²) in [6.07, 6.45) is 3.17. The van der Waals surface area contributed by atoms with Crippen LogP contribution in [0.25, 0.3) is 0 Å². The Morgan fingerprint density at radius 1 is 1.07 bits per heavy atom. The molecular weight excluding hydrogens is 370 g/mol. The van der Waals surface area contributed by atoms with Crippen molar-refractivity contribution in [2.75, 3.05) is 19.7 Å². The van der Waals surface area contributed by atoms with E-state index in [0.717, 1.165) is 25.8 Å². The number of aryl methyl sites for hydroxylation is 3. The third kappa shape index (κ3) is 7.54. The van der Waals surface area contributed by atoms with Crippen molar-refractivity contribution in [3.63, 3.8) is 0 Å². The van der Waals surface area contributed by atoms with E-state index in [1.165, 1.54) is 28.8 Å². The van der Waals surface area contributed by atoms with E-state index in [-0.39, 0.29) is 17.9 Å². The molecule has 0 fully saturated rings. The molecule has 0 bridgehead atoms. The standard InChI is InChI=1S/C22H29N3O4/c1-16-6-7-18(13-17(16)2)5-3-4-10-24-11-12-29-21-9-8-19(15-22(23)26)14-20(21)25(27)28/h6-9,13-14,24H,3-5,10-12,15H2,1-2H3,(H2,23,26). The van der Waals surface area contributed by atoms with E-state index in [4.69, 9.17) is 10.5 Å². The fraction of sp³-hybridized carbons (Fsp3) is 0.409. The van der Waals surface area contributed by atoms with E-state index in [2.05, 4.69) is 37.4 Å². The van der Waals surface area contributed by atoms with Crippen LogP contribution >= 0.6 is 0 Å². The molecule has 0 aliphatic carbocycles. The van der Waals surface area contributed by atoms with Gasteiger partial charge in [0.15, 0.2) is 5.75 Å². The Kier molecular flexibility index (Phi) is 8.61. The molecular formula is C22H29N3O4. The zero-order chi connectivity index (χ0) is 21.2. The highest BCUT2D eigenvalue weighted by molar-refractivity contribution is 5.77. The second-order valence-electron chi connectivity index (χ2n) is 7.18. The van der Waals surface area contributed by atoms with Crippen LogP contribution in [0.3, 0.4) is 0 Å². The van der Waals surface area contributed by atoms with Crippen molar-refractivity contribution >= 4 is 11.6 Å². The van der Waals surface area contributed by atoms with E-state index in [9.17, 15) is 14.9 Å². The first kappa shape index (κ1) is 22.4. The van der Waals surface area contributed by atoms with Gasteiger partial charge < -0.3 is 15.8 Å². The van der Waals surface area contributed by atoms with Crippen LogP contribution in [-0.4, -0.2) is 30.5 Å². The molecule has 0 spiro atoms. The summed E-state index contributed by atoms with van der Waals surface area (Å²) in [4.78, 5) is 21.7. The van der Waals surface area contributed by atoms with Crippen LogP contribution in [0.1, 0.15) is 35.1 Å². The number of nitro groups is 1. The minimum atomic E-state index is -0.533. The fourth-order valence-electron chi connectivity index (χ4n) is 3.04. The molecule has 2 aromatic rings. The van der Waals surface area contributed by atoms with Crippen molar-refractivity contribution in [2.24, 2.45) is 5.73 Å². The third-order valence-electron chi connectivity index (χ3n) is 4.78. The fourth-order valence-corrected chi connectivity index (χ4v) is 3.04. The predicted molar refractivity (Wildman–Crippen MR) is 113 cm³/mol. The number of benzene rings is 2. The molecule has 3 N–H and O–H groups in total. The highest BCUT2D eigenvalue weighted by Gasteiger charge is 2.16. The minimum absolute atomic E-state index is 0.0369. The summed E-state index contributed by atoms with van der Waals surface area (Å²) >= 11 is 0. The number of hydrogen-bond donors (Lipinski definition) is 2. The lowest BCUT2D eigenvalue weighted by Gasteiger charge is -2.09. The monoisotopic (exact) mass is 399 g/mol. The van der Waals surface area contributed by atoms with Gasteiger partial charge in [-0.2, -0.15) is 0 Å². The van der Waals surface area contributed by atoms with E-state index in [1.54, 1.807) is 6.07 Å². The van der Waals surface area contributed by atoms with Gasteiger partial charge in [0, 0.05) is 12.6 Å². The molecule has 0 atom stereocenters. The van der Waals surface area contributed by atoms with Crippen molar-refractivity contribution in [1.82, 2.24) is 5.32 Å². The molecule has 0 aromatic heterocycles. The van der Waals surface area contributed by atoms with Gasteiger partial charge in [-0.1, -0.05) is 24.3 Å². The topological polar surface area (TPSA) is 107 Å². The maximum Gasteiger partial charge on any atom is 0.311 e. The van der Waals surface area contributed by atoms with Gasteiger partial charge >= 0.3 is 5.69 Å². The number of nitrogens with two attached hydrogens (primary N) is 1. The molecule has 29 heavy (non-hydrogen) atoms. The van der Waals surface area contributed by atoms with Crippen molar-refractivity contribution in [1.29, 1.82) is 0 Å². The first-order chi connectivity index (χ1) is 13.9. The molecule has 0 saturated heterocycles. The van der Waals surface area contributed by atoms with Crippen LogP contribution in [-0.2, 0) is 17.6 Å². The Morgan fingerprint density at radius 2 is 1.83 bits per heavy atom. The van der Waals surface area contributed by atoms with E-state index >= 15 is 0 Å². The number of nitrogens with one attached hydrogen (secondary N) is 1. The van der Waals surface area contributed by atoms with Gasteiger partial charge in [0.25, 0.3) is 0 Å².